The number of hydrogen-bond acceptors (Lipinski definition) is 5. The molecule has 5 rings (SSSR count). The number of hydrogen-bond donors (Lipinski definition) is 0. The molecular weight excluding hydrogens is 382 g/mol. The average Bonchev–Trinajstić information content (AvgIpc) is 3.27. The zero-order chi connectivity index (χ0) is 20.7. The average molecular weight is 412 g/mol. The molecule has 5 heterocycles. The number of amides is 1. The molecule has 7 nitrogen and oxygen atoms in total. The van der Waals surface area contributed by atoms with Crippen LogP contribution in [0.25, 0.3) is 0 Å². The Morgan fingerprint density at radius 1 is 1.17 bits per heavy atom. The van der Waals surface area contributed by atoms with Crippen molar-refractivity contribution in [1.82, 2.24) is 14.4 Å². The first-order valence-corrected chi connectivity index (χ1v) is 10.9. The third-order valence-electron chi connectivity index (χ3n) is 6.92. The van der Waals surface area contributed by atoms with Gasteiger partial charge in [-0.25, -0.2) is 0 Å². The highest BCUT2D eigenvalue weighted by atomic mass is 16.5. The van der Waals surface area contributed by atoms with Crippen molar-refractivity contribution < 1.29 is 13.9 Å². The summed E-state index contributed by atoms with van der Waals surface area (Å²) in [6.45, 7) is 4.85. The van der Waals surface area contributed by atoms with Crippen molar-refractivity contribution >= 4 is 5.91 Å². The highest BCUT2D eigenvalue weighted by Crippen LogP contribution is 2.37. The molecule has 0 saturated carbocycles. The molecule has 0 aliphatic carbocycles. The zero-order valence-corrected chi connectivity index (χ0v) is 17.5. The summed E-state index contributed by atoms with van der Waals surface area (Å²) in [6, 6.07) is 6.17. The second-order valence-corrected chi connectivity index (χ2v) is 8.98. The molecule has 160 valence electrons. The van der Waals surface area contributed by atoms with Gasteiger partial charge in [-0.1, -0.05) is 0 Å². The largest absolute Gasteiger partial charge is 0.472 e. The summed E-state index contributed by atoms with van der Waals surface area (Å²) in [7, 11) is 1.72. The smallest absolute Gasteiger partial charge is 0.263 e. The molecule has 30 heavy (non-hydrogen) atoms. The molecule has 3 aliphatic heterocycles. The van der Waals surface area contributed by atoms with Crippen molar-refractivity contribution in [1.29, 1.82) is 0 Å². The summed E-state index contributed by atoms with van der Waals surface area (Å²) in [5.74, 6) is 0.586. The van der Waals surface area contributed by atoms with Crippen LogP contribution in [-0.2, 0) is 17.8 Å². The molecule has 7 heteroatoms. The number of carbonyl (C=O) groups excluding carboxylic acids is 1. The predicted molar refractivity (Wildman–Crippen MR) is 111 cm³/mol. The fraction of sp³-hybridized carbons (Fsp3) is 0.565. The van der Waals surface area contributed by atoms with Crippen molar-refractivity contribution in [3.05, 3.63) is 57.9 Å². The van der Waals surface area contributed by atoms with Gasteiger partial charge in [0, 0.05) is 69.7 Å². The topological polar surface area (TPSA) is 67.9 Å². The van der Waals surface area contributed by atoms with Gasteiger partial charge in [0.2, 0.25) is 0 Å². The highest BCUT2D eigenvalue weighted by molar-refractivity contribution is 5.93. The van der Waals surface area contributed by atoms with Gasteiger partial charge in [0.05, 0.1) is 12.5 Å². The Morgan fingerprint density at radius 2 is 2.00 bits per heavy atom. The van der Waals surface area contributed by atoms with Gasteiger partial charge in [0.1, 0.15) is 5.56 Å². The Bertz CT molecular complexity index is 961. The summed E-state index contributed by atoms with van der Waals surface area (Å²) in [5.41, 5.74) is 2.10. The maximum absolute atomic E-state index is 13.2. The molecule has 2 saturated heterocycles. The minimum atomic E-state index is -0.240. The van der Waals surface area contributed by atoms with Crippen LogP contribution < -0.4 is 5.56 Å². The summed E-state index contributed by atoms with van der Waals surface area (Å²) in [4.78, 5) is 30.4. The second kappa shape index (κ2) is 8.04. The van der Waals surface area contributed by atoms with Crippen LogP contribution in [-0.4, -0.2) is 59.7 Å². The molecule has 0 aromatic carbocycles. The van der Waals surface area contributed by atoms with Gasteiger partial charge in [-0.15, -0.1) is 0 Å². The minimum Gasteiger partial charge on any atom is -0.472 e. The lowest BCUT2D eigenvalue weighted by Gasteiger charge is -2.46. The van der Waals surface area contributed by atoms with Crippen molar-refractivity contribution in [2.24, 2.45) is 5.92 Å². The molecule has 0 N–H and O–H groups in total. The van der Waals surface area contributed by atoms with Crippen LogP contribution in [0.1, 0.15) is 46.8 Å². The van der Waals surface area contributed by atoms with Crippen molar-refractivity contribution in [2.45, 2.75) is 44.3 Å². The van der Waals surface area contributed by atoms with Gasteiger partial charge in [-0.05, 0) is 43.4 Å². The maximum Gasteiger partial charge on any atom is 0.263 e. The van der Waals surface area contributed by atoms with Gasteiger partial charge in [0.15, 0.2) is 0 Å². The molecule has 0 spiro atoms. The molecule has 2 atom stereocenters. The minimum absolute atomic E-state index is 0.147. The van der Waals surface area contributed by atoms with E-state index in [-0.39, 0.29) is 17.0 Å². The fourth-order valence-corrected chi connectivity index (χ4v) is 5.43. The standard InChI is InChI=1S/C23H29N3O4/c1-24(11-16-4-7-30-15-16)22(27)20-2-3-21-18-10-17(13-26(21)23(20)28)12-25(14-18)19-5-8-29-9-6-19/h2-4,7,15,17-19H,5-6,8-14H2,1H3/t17-,18+/m0/s1. The predicted octanol–water partition coefficient (Wildman–Crippen LogP) is 2.31. The first kappa shape index (κ1) is 19.6. The number of piperidine rings is 1. The fourth-order valence-electron chi connectivity index (χ4n) is 5.43. The molecule has 2 aromatic heterocycles. The summed E-state index contributed by atoms with van der Waals surface area (Å²) in [5, 5.41) is 0. The Balaban J connectivity index is 1.36. The number of rotatable bonds is 4. The van der Waals surface area contributed by atoms with E-state index >= 15 is 0 Å². The number of pyridine rings is 1. The van der Waals surface area contributed by atoms with Gasteiger partial charge < -0.3 is 18.6 Å². The number of likely N-dealkylation sites (tertiary alicyclic amines) is 1. The summed E-state index contributed by atoms with van der Waals surface area (Å²) < 4.78 is 12.5. The van der Waals surface area contributed by atoms with Crippen molar-refractivity contribution in [2.75, 3.05) is 33.4 Å². The number of carbonyl (C=O) groups is 1. The highest BCUT2D eigenvalue weighted by Gasteiger charge is 2.38. The van der Waals surface area contributed by atoms with E-state index in [1.54, 1.807) is 30.5 Å². The Kier molecular flexibility index (Phi) is 5.25. The second-order valence-electron chi connectivity index (χ2n) is 8.98. The first-order chi connectivity index (χ1) is 14.6. The van der Waals surface area contributed by atoms with Crippen LogP contribution >= 0.6 is 0 Å². The number of nitrogens with zero attached hydrogens (tertiary/aromatic N) is 3. The van der Waals surface area contributed by atoms with Crippen molar-refractivity contribution in [3.63, 3.8) is 0 Å². The monoisotopic (exact) mass is 411 g/mol. The number of fused-ring (bicyclic) bond motifs is 4. The van der Waals surface area contributed by atoms with Crippen molar-refractivity contribution in [3.8, 4) is 0 Å². The lowest BCUT2D eigenvalue weighted by molar-refractivity contribution is 0.00584. The zero-order valence-electron chi connectivity index (χ0n) is 17.5. The van der Waals surface area contributed by atoms with E-state index in [1.165, 1.54) is 0 Å². The Hall–Kier alpha value is -2.38. The van der Waals surface area contributed by atoms with Gasteiger partial charge >= 0.3 is 0 Å². The Labute approximate surface area is 176 Å². The van der Waals surface area contributed by atoms with E-state index in [9.17, 15) is 9.59 Å². The van der Waals surface area contributed by atoms with E-state index < -0.39 is 0 Å². The van der Waals surface area contributed by atoms with Crippen LogP contribution in [0.3, 0.4) is 0 Å². The van der Waals surface area contributed by atoms with E-state index in [4.69, 9.17) is 9.15 Å². The molecule has 2 fully saturated rings. The third-order valence-corrected chi connectivity index (χ3v) is 6.92. The normalized spacial score (nSPS) is 24.4. The van der Waals surface area contributed by atoms with Gasteiger partial charge in [-0.3, -0.25) is 14.5 Å². The van der Waals surface area contributed by atoms with E-state index in [1.807, 2.05) is 16.7 Å². The number of ether oxygens (including phenoxy) is 1. The third kappa shape index (κ3) is 3.61. The van der Waals surface area contributed by atoms with Gasteiger partial charge in [0.25, 0.3) is 11.5 Å². The maximum atomic E-state index is 13.2. The van der Waals surface area contributed by atoms with E-state index in [0.29, 0.717) is 31.0 Å². The Morgan fingerprint density at radius 3 is 2.77 bits per heavy atom. The first-order valence-electron chi connectivity index (χ1n) is 10.9. The van der Waals surface area contributed by atoms with E-state index in [0.717, 1.165) is 56.8 Å². The number of furan rings is 1. The van der Waals surface area contributed by atoms with Crippen LogP contribution in [0.5, 0.6) is 0 Å². The van der Waals surface area contributed by atoms with Crippen LogP contribution in [0.4, 0.5) is 0 Å². The molecule has 1 amide bonds. The lowest BCUT2D eigenvalue weighted by atomic mass is 9.82. The van der Waals surface area contributed by atoms with Crippen LogP contribution in [0.15, 0.2) is 39.9 Å². The molecule has 0 unspecified atom stereocenters. The summed E-state index contributed by atoms with van der Waals surface area (Å²) >= 11 is 0. The molecular formula is C23H29N3O4. The number of aromatic nitrogens is 1. The molecule has 2 aromatic rings. The SMILES string of the molecule is CN(Cc1ccoc1)C(=O)c1ccc2n(c1=O)C[C@H]1C[C@@H]2CN(C2CCOCC2)C1. The molecule has 2 bridgehead atoms. The van der Waals surface area contributed by atoms with Gasteiger partial charge in [-0.2, -0.15) is 0 Å². The van der Waals surface area contributed by atoms with Crippen LogP contribution in [0.2, 0.25) is 0 Å². The molecule has 0 radical (unpaired) electrons. The van der Waals surface area contributed by atoms with Crippen LogP contribution in [0, 0.1) is 5.92 Å². The quantitative estimate of drug-likeness (QED) is 0.772. The lowest BCUT2D eigenvalue weighted by Crippen LogP contribution is -2.52. The summed E-state index contributed by atoms with van der Waals surface area (Å²) in [6.07, 6.45) is 6.54. The molecule has 3 aliphatic rings. The van der Waals surface area contributed by atoms with E-state index in [2.05, 4.69) is 4.90 Å².